The summed E-state index contributed by atoms with van der Waals surface area (Å²) in [7, 11) is -3.57. The smallest absolute Gasteiger partial charge is 0.242 e. The van der Waals surface area contributed by atoms with Gasteiger partial charge in [0, 0.05) is 31.2 Å². The zero-order valence-electron chi connectivity index (χ0n) is 12.0. The van der Waals surface area contributed by atoms with Crippen molar-refractivity contribution in [3.63, 3.8) is 0 Å². The van der Waals surface area contributed by atoms with E-state index in [9.17, 15) is 8.42 Å². The molecule has 2 rings (SSSR count). The molecule has 0 spiro atoms. The lowest BCUT2D eigenvalue weighted by molar-refractivity contribution is 0.581. The number of pyridine rings is 2. The van der Waals surface area contributed by atoms with Crippen molar-refractivity contribution in [1.29, 1.82) is 0 Å². The van der Waals surface area contributed by atoms with E-state index in [1.54, 1.807) is 12.3 Å². The Hall–Kier alpha value is -1.99. The van der Waals surface area contributed by atoms with Gasteiger partial charge in [-0.05, 0) is 37.6 Å². The first-order valence-electron chi connectivity index (χ1n) is 6.62. The number of nitrogens with zero attached hydrogens (tertiary/aromatic N) is 2. The topological polar surface area (TPSA) is 84.0 Å². The molecule has 0 bridgehead atoms. The summed E-state index contributed by atoms with van der Waals surface area (Å²) in [4.78, 5) is 8.33. The molecule has 0 aromatic carbocycles. The van der Waals surface area contributed by atoms with Crippen LogP contribution in [0.3, 0.4) is 0 Å². The first kappa shape index (κ1) is 15.4. The Labute approximate surface area is 124 Å². The van der Waals surface area contributed by atoms with Gasteiger partial charge in [-0.15, -0.1) is 0 Å². The van der Waals surface area contributed by atoms with Gasteiger partial charge in [0.1, 0.15) is 10.7 Å². The van der Waals surface area contributed by atoms with Crippen molar-refractivity contribution in [2.75, 3.05) is 11.9 Å². The molecule has 2 aromatic heterocycles. The number of sulfonamides is 1. The Morgan fingerprint density at radius 2 is 1.90 bits per heavy atom. The van der Waals surface area contributed by atoms with E-state index in [0.717, 1.165) is 17.8 Å². The van der Waals surface area contributed by atoms with E-state index in [-0.39, 0.29) is 11.4 Å². The lowest BCUT2D eigenvalue weighted by atomic mass is 10.2. The molecule has 0 fully saturated rings. The molecule has 0 saturated carbocycles. The zero-order valence-corrected chi connectivity index (χ0v) is 12.8. The van der Waals surface area contributed by atoms with Crippen LogP contribution in [0.2, 0.25) is 0 Å². The summed E-state index contributed by atoms with van der Waals surface area (Å²) in [6.45, 7) is 4.76. The third-order valence-corrected chi connectivity index (χ3v) is 4.23. The summed E-state index contributed by atoms with van der Waals surface area (Å²) >= 11 is 0. The monoisotopic (exact) mass is 306 g/mol. The first-order chi connectivity index (χ1) is 10.0. The maximum absolute atomic E-state index is 12.1. The van der Waals surface area contributed by atoms with E-state index in [2.05, 4.69) is 20.0 Å². The number of aromatic nitrogens is 2. The standard InChI is InChI=1S/C14H18N4O2S/c1-3-15-14-7-6-13(10-17-14)21(19,20)18-9-12-5-4-11(2)16-8-12/h4-8,10,18H,3,9H2,1-2H3,(H,15,17). The van der Waals surface area contributed by atoms with Crippen molar-refractivity contribution >= 4 is 15.8 Å². The number of hydrogen-bond donors (Lipinski definition) is 2. The molecule has 0 aliphatic carbocycles. The number of anilines is 1. The van der Waals surface area contributed by atoms with Gasteiger partial charge >= 0.3 is 0 Å². The molecule has 0 unspecified atom stereocenters. The van der Waals surface area contributed by atoms with E-state index >= 15 is 0 Å². The predicted octanol–water partition coefficient (Wildman–Crippen LogP) is 1.70. The lowest BCUT2D eigenvalue weighted by Crippen LogP contribution is -2.23. The third-order valence-electron chi connectivity index (χ3n) is 2.84. The van der Waals surface area contributed by atoms with Gasteiger partial charge in [-0.2, -0.15) is 0 Å². The Balaban J connectivity index is 2.05. The fourth-order valence-corrected chi connectivity index (χ4v) is 2.65. The van der Waals surface area contributed by atoms with Crippen LogP contribution in [0.5, 0.6) is 0 Å². The summed E-state index contributed by atoms with van der Waals surface area (Å²) in [5.41, 5.74) is 1.70. The van der Waals surface area contributed by atoms with Crippen molar-refractivity contribution in [2.24, 2.45) is 0 Å². The van der Waals surface area contributed by atoms with Gasteiger partial charge < -0.3 is 5.32 Å². The van der Waals surface area contributed by atoms with Crippen LogP contribution >= 0.6 is 0 Å². The summed E-state index contributed by atoms with van der Waals surface area (Å²) in [6, 6.07) is 6.86. The van der Waals surface area contributed by atoms with Crippen LogP contribution in [0.15, 0.2) is 41.6 Å². The molecule has 0 amide bonds. The number of aryl methyl sites for hydroxylation is 1. The van der Waals surface area contributed by atoms with Gasteiger partial charge in [0.2, 0.25) is 10.0 Å². The van der Waals surface area contributed by atoms with Crippen LogP contribution in [-0.4, -0.2) is 24.9 Å². The predicted molar refractivity (Wildman–Crippen MR) is 81.4 cm³/mol. The van der Waals surface area contributed by atoms with Gasteiger partial charge in [-0.3, -0.25) is 4.98 Å². The van der Waals surface area contributed by atoms with E-state index in [1.165, 1.54) is 12.3 Å². The van der Waals surface area contributed by atoms with E-state index in [4.69, 9.17) is 0 Å². The quantitative estimate of drug-likeness (QED) is 0.848. The van der Waals surface area contributed by atoms with Crippen molar-refractivity contribution < 1.29 is 8.42 Å². The maximum atomic E-state index is 12.1. The molecule has 2 heterocycles. The van der Waals surface area contributed by atoms with E-state index in [0.29, 0.717) is 5.82 Å². The number of rotatable bonds is 6. The normalized spacial score (nSPS) is 11.3. The summed E-state index contributed by atoms with van der Waals surface area (Å²) in [5.74, 6) is 0.652. The molecular weight excluding hydrogens is 288 g/mol. The number of hydrogen-bond acceptors (Lipinski definition) is 5. The molecule has 0 aliphatic heterocycles. The second kappa shape index (κ2) is 6.64. The van der Waals surface area contributed by atoms with Gasteiger partial charge in [0.15, 0.2) is 0 Å². The molecule has 112 valence electrons. The van der Waals surface area contributed by atoms with Gasteiger partial charge in [-0.25, -0.2) is 18.1 Å². The molecule has 6 nitrogen and oxygen atoms in total. The first-order valence-corrected chi connectivity index (χ1v) is 8.10. The van der Waals surface area contributed by atoms with Crippen molar-refractivity contribution in [1.82, 2.24) is 14.7 Å². The largest absolute Gasteiger partial charge is 0.370 e. The fourth-order valence-electron chi connectivity index (χ4n) is 1.69. The molecule has 0 saturated heterocycles. The molecule has 0 atom stereocenters. The summed E-state index contributed by atoms with van der Waals surface area (Å²) in [6.07, 6.45) is 3.00. The minimum atomic E-state index is -3.57. The molecule has 2 N–H and O–H groups in total. The van der Waals surface area contributed by atoms with Crippen molar-refractivity contribution in [2.45, 2.75) is 25.3 Å². The van der Waals surface area contributed by atoms with Crippen molar-refractivity contribution in [3.05, 3.63) is 47.9 Å². The SMILES string of the molecule is CCNc1ccc(S(=O)(=O)NCc2ccc(C)nc2)cn1. The minimum Gasteiger partial charge on any atom is -0.370 e. The molecule has 2 aromatic rings. The van der Waals surface area contributed by atoms with Crippen molar-refractivity contribution in [3.8, 4) is 0 Å². The van der Waals surface area contributed by atoms with E-state index in [1.807, 2.05) is 26.0 Å². The second-order valence-corrected chi connectivity index (χ2v) is 6.31. The zero-order chi connectivity index (χ0) is 15.3. The van der Waals surface area contributed by atoms with Crippen LogP contribution in [0, 0.1) is 6.92 Å². The highest BCUT2D eigenvalue weighted by Crippen LogP contribution is 2.11. The van der Waals surface area contributed by atoms with Gasteiger partial charge in [0.25, 0.3) is 0 Å². The Morgan fingerprint density at radius 1 is 1.10 bits per heavy atom. The molecule has 7 heteroatoms. The Morgan fingerprint density at radius 3 is 2.48 bits per heavy atom. The maximum Gasteiger partial charge on any atom is 0.242 e. The van der Waals surface area contributed by atoms with Crippen LogP contribution in [0.1, 0.15) is 18.2 Å². The third kappa shape index (κ3) is 4.24. The van der Waals surface area contributed by atoms with Crippen LogP contribution in [-0.2, 0) is 16.6 Å². The van der Waals surface area contributed by atoms with Gasteiger partial charge in [0.05, 0.1) is 0 Å². The fraction of sp³-hybridized carbons (Fsp3) is 0.286. The second-order valence-electron chi connectivity index (χ2n) is 4.54. The van der Waals surface area contributed by atoms with Crippen LogP contribution in [0.4, 0.5) is 5.82 Å². The van der Waals surface area contributed by atoms with E-state index < -0.39 is 10.0 Å². The lowest BCUT2D eigenvalue weighted by Gasteiger charge is -2.08. The number of nitrogens with one attached hydrogen (secondary N) is 2. The molecular formula is C14H18N4O2S. The van der Waals surface area contributed by atoms with Crippen LogP contribution in [0.25, 0.3) is 0 Å². The van der Waals surface area contributed by atoms with Crippen LogP contribution < -0.4 is 10.0 Å². The van der Waals surface area contributed by atoms with Gasteiger partial charge in [-0.1, -0.05) is 6.07 Å². The minimum absolute atomic E-state index is 0.143. The Kier molecular flexibility index (Phi) is 4.87. The average Bonchev–Trinajstić information content (AvgIpc) is 2.48. The Bertz CT molecular complexity index is 682. The summed E-state index contributed by atoms with van der Waals surface area (Å²) < 4.78 is 26.8. The summed E-state index contributed by atoms with van der Waals surface area (Å²) in [5, 5.41) is 3.01. The highest BCUT2D eigenvalue weighted by atomic mass is 32.2. The highest BCUT2D eigenvalue weighted by Gasteiger charge is 2.14. The molecule has 0 radical (unpaired) electrons. The highest BCUT2D eigenvalue weighted by molar-refractivity contribution is 7.89. The molecule has 0 aliphatic rings. The molecule has 21 heavy (non-hydrogen) atoms. The average molecular weight is 306 g/mol.